The molecule has 0 unspecified atom stereocenters. The number of hydrogen-bond acceptors (Lipinski definition) is 3. The van der Waals surface area contributed by atoms with Crippen molar-refractivity contribution in [2.45, 2.75) is 42.6 Å². The molecule has 0 spiro atoms. The molecule has 2 aromatic carbocycles. The lowest BCUT2D eigenvalue weighted by molar-refractivity contribution is 0.459. The number of fused-ring (bicyclic) bond motifs is 1. The molecule has 0 saturated carbocycles. The molecule has 3 nitrogen and oxygen atoms in total. The van der Waals surface area contributed by atoms with E-state index >= 15 is 0 Å². The van der Waals surface area contributed by atoms with Gasteiger partial charge in [-0.05, 0) is 48.6 Å². The Kier molecular flexibility index (Phi) is 4.62. The molecule has 0 radical (unpaired) electrons. The van der Waals surface area contributed by atoms with Gasteiger partial charge in [-0.2, -0.15) is 0 Å². The lowest BCUT2D eigenvalue weighted by atomic mass is 9.94. The predicted octanol–water partition coefficient (Wildman–Crippen LogP) is 4.27. The molecule has 0 bridgehead atoms. The van der Waals surface area contributed by atoms with E-state index in [0.717, 1.165) is 22.3 Å². The number of alkyl halides is 1. The summed E-state index contributed by atoms with van der Waals surface area (Å²) >= 11 is 3.66. The molecule has 0 fully saturated rings. The highest BCUT2D eigenvalue weighted by molar-refractivity contribution is 9.10. The molecule has 3 rings (SSSR count). The van der Waals surface area contributed by atoms with Gasteiger partial charge in [-0.15, -0.1) is 0 Å². The zero-order valence-corrected chi connectivity index (χ0v) is 16.5. The Balaban J connectivity index is 2.30. The van der Waals surface area contributed by atoms with E-state index in [4.69, 9.17) is 0 Å². The van der Waals surface area contributed by atoms with Crippen LogP contribution < -0.4 is 5.32 Å². The van der Waals surface area contributed by atoms with Crippen molar-refractivity contribution in [3.05, 3.63) is 64.7 Å². The highest BCUT2D eigenvalue weighted by atomic mass is 79.9. The predicted molar refractivity (Wildman–Crippen MR) is 101 cm³/mol. The Hall–Kier alpha value is -1.17. The minimum atomic E-state index is -3.39. The Morgan fingerprint density at radius 3 is 2.42 bits per heavy atom. The van der Waals surface area contributed by atoms with Crippen molar-refractivity contribution >= 4 is 25.8 Å². The van der Waals surface area contributed by atoms with E-state index in [2.05, 4.69) is 21.2 Å². The quantitative estimate of drug-likeness (QED) is 0.596. The van der Waals surface area contributed by atoms with Gasteiger partial charge in [-0.25, -0.2) is 8.42 Å². The van der Waals surface area contributed by atoms with Gasteiger partial charge in [0.15, 0.2) is 9.84 Å². The van der Waals surface area contributed by atoms with Crippen molar-refractivity contribution < 1.29 is 8.42 Å². The molecular weight excluding hydrogens is 386 g/mol. The van der Waals surface area contributed by atoms with E-state index in [1.807, 2.05) is 63.2 Å². The van der Waals surface area contributed by atoms with Crippen LogP contribution in [0.1, 0.15) is 41.6 Å². The molecule has 1 aliphatic heterocycles. The molecule has 24 heavy (non-hydrogen) atoms. The fourth-order valence-electron chi connectivity index (χ4n) is 3.18. The minimum absolute atomic E-state index is 0.0370. The van der Waals surface area contributed by atoms with Gasteiger partial charge < -0.3 is 0 Å². The van der Waals surface area contributed by atoms with Crippen LogP contribution in [0.2, 0.25) is 0 Å². The Morgan fingerprint density at radius 1 is 1.17 bits per heavy atom. The van der Waals surface area contributed by atoms with Crippen molar-refractivity contribution in [2.24, 2.45) is 0 Å². The Labute approximate surface area is 152 Å². The summed E-state index contributed by atoms with van der Waals surface area (Å²) in [6.45, 7) is 5.98. The van der Waals surface area contributed by atoms with Gasteiger partial charge in [-0.1, -0.05) is 59.3 Å². The molecule has 1 aliphatic rings. The SMILES string of the molecule is CC[C@@]1(Br)CS(=O)(=O)c2cc(C)c(C)cc2[C@@H](c2ccccc2)N1. The first-order valence-corrected chi connectivity index (χ1v) is 10.6. The summed E-state index contributed by atoms with van der Waals surface area (Å²) in [4.78, 5) is 0.446. The van der Waals surface area contributed by atoms with Crippen LogP contribution in [0.25, 0.3) is 0 Å². The smallest absolute Gasteiger partial charge is 0.181 e. The van der Waals surface area contributed by atoms with E-state index in [9.17, 15) is 8.42 Å². The third kappa shape index (κ3) is 3.17. The average molecular weight is 408 g/mol. The van der Waals surface area contributed by atoms with Crippen molar-refractivity contribution in [2.75, 3.05) is 5.75 Å². The first kappa shape index (κ1) is 17.6. The molecule has 0 saturated heterocycles. The van der Waals surface area contributed by atoms with Crippen LogP contribution in [0.4, 0.5) is 0 Å². The van der Waals surface area contributed by atoms with Crippen LogP contribution >= 0.6 is 15.9 Å². The third-order valence-corrected chi connectivity index (χ3v) is 8.13. The topological polar surface area (TPSA) is 46.2 Å². The van der Waals surface area contributed by atoms with Crippen molar-refractivity contribution in [3.63, 3.8) is 0 Å². The van der Waals surface area contributed by atoms with Gasteiger partial charge in [0.2, 0.25) is 0 Å². The average Bonchev–Trinajstić information content (AvgIpc) is 2.63. The zero-order valence-electron chi connectivity index (χ0n) is 14.1. The molecule has 5 heteroatoms. The van der Waals surface area contributed by atoms with Crippen LogP contribution in [-0.4, -0.2) is 18.6 Å². The molecule has 1 heterocycles. The zero-order chi connectivity index (χ0) is 17.5. The summed E-state index contributed by atoms with van der Waals surface area (Å²) in [7, 11) is -3.39. The standard InChI is InChI=1S/C19H22BrNO2S/c1-4-19(20)12-24(22,23)17-11-14(3)13(2)10-16(17)18(21-19)15-8-6-5-7-9-15/h5-11,18,21H,4,12H2,1-3H3/t18-,19+/m1/s1. The molecule has 2 aromatic rings. The number of hydrogen-bond donors (Lipinski definition) is 1. The molecule has 0 aromatic heterocycles. The van der Waals surface area contributed by atoms with Crippen molar-refractivity contribution in [3.8, 4) is 0 Å². The second-order valence-corrected chi connectivity index (χ2v) is 10.0. The molecule has 0 amide bonds. The summed E-state index contributed by atoms with van der Waals surface area (Å²) < 4.78 is 25.4. The summed E-state index contributed by atoms with van der Waals surface area (Å²) in [5.41, 5.74) is 4.00. The summed E-state index contributed by atoms with van der Waals surface area (Å²) in [5, 5.41) is 3.55. The summed E-state index contributed by atoms with van der Waals surface area (Å²) in [6, 6.07) is 13.7. The summed E-state index contributed by atoms with van der Waals surface area (Å²) in [6.07, 6.45) is 0.668. The van der Waals surface area contributed by atoms with Crippen LogP contribution in [-0.2, 0) is 9.84 Å². The van der Waals surface area contributed by atoms with Crippen LogP contribution in [0.3, 0.4) is 0 Å². The maximum absolute atomic E-state index is 13.0. The van der Waals surface area contributed by atoms with Gasteiger partial charge in [-0.3, -0.25) is 5.32 Å². The highest BCUT2D eigenvalue weighted by Gasteiger charge is 2.40. The van der Waals surface area contributed by atoms with Crippen molar-refractivity contribution in [1.82, 2.24) is 5.32 Å². The summed E-state index contributed by atoms with van der Waals surface area (Å²) in [5.74, 6) is 0.0370. The van der Waals surface area contributed by atoms with Crippen molar-refractivity contribution in [1.29, 1.82) is 0 Å². The van der Waals surface area contributed by atoms with Gasteiger partial charge in [0.05, 0.1) is 21.1 Å². The van der Waals surface area contributed by atoms with Crippen LogP contribution in [0.5, 0.6) is 0 Å². The van der Waals surface area contributed by atoms with E-state index in [0.29, 0.717) is 11.3 Å². The number of halogens is 1. The van der Waals surface area contributed by atoms with Gasteiger partial charge >= 0.3 is 0 Å². The second-order valence-electron chi connectivity index (χ2n) is 6.54. The van der Waals surface area contributed by atoms with Crippen LogP contribution in [0, 0.1) is 13.8 Å². The van der Waals surface area contributed by atoms with Gasteiger partial charge in [0.1, 0.15) is 0 Å². The molecule has 2 atom stereocenters. The maximum atomic E-state index is 13.0. The lowest BCUT2D eigenvalue weighted by Gasteiger charge is -2.30. The fraction of sp³-hybridized carbons (Fsp3) is 0.368. The largest absolute Gasteiger partial charge is 0.291 e. The van der Waals surface area contributed by atoms with Gasteiger partial charge in [0.25, 0.3) is 0 Å². The first-order valence-electron chi connectivity index (χ1n) is 8.11. The van der Waals surface area contributed by atoms with Crippen LogP contribution in [0.15, 0.2) is 47.4 Å². The van der Waals surface area contributed by atoms with E-state index in [1.54, 1.807) is 0 Å². The van der Waals surface area contributed by atoms with E-state index < -0.39 is 14.3 Å². The third-order valence-electron chi connectivity index (χ3n) is 4.79. The molecule has 1 N–H and O–H groups in total. The minimum Gasteiger partial charge on any atom is -0.291 e. The van der Waals surface area contributed by atoms with E-state index in [-0.39, 0.29) is 11.8 Å². The lowest BCUT2D eigenvalue weighted by Crippen LogP contribution is -2.44. The monoisotopic (exact) mass is 407 g/mol. The highest BCUT2D eigenvalue weighted by Crippen LogP contribution is 2.39. The number of nitrogens with one attached hydrogen (secondary N) is 1. The Morgan fingerprint density at radius 2 is 1.79 bits per heavy atom. The molecular formula is C19H22BrNO2S. The Bertz CT molecular complexity index is 864. The maximum Gasteiger partial charge on any atom is 0.181 e. The van der Waals surface area contributed by atoms with E-state index in [1.165, 1.54) is 0 Å². The molecule has 0 aliphatic carbocycles. The normalized spacial score (nSPS) is 25.8. The number of benzene rings is 2. The van der Waals surface area contributed by atoms with Gasteiger partial charge in [0, 0.05) is 0 Å². The fourth-order valence-corrected chi connectivity index (χ4v) is 6.25. The number of rotatable bonds is 2. The number of sulfone groups is 1. The first-order chi connectivity index (χ1) is 11.3. The number of aryl methyl sites for hydroxylation is 2. The molecule has 128 valence electrons. The second kappa shape index (κ2) is 6.28.